The maximum atomic E-state index is 14.0. The van der Waals surface area contributed by atoms with Gasteiger partial charge in [0.1, 0.15) is 11.9 Å². The third kappa shape index (κ3) is 4.40. The standard InChI is InChI=1S/C27H32FN/c1-2-3-4-5-6-19-7-13-25-22(15-19)9-10-23-16-20(12-14-26(23)25)21-8-11-24(18-29)27(28)17-21/h8,11-12,14,16-17,19,22,25H,2-7,9-10,13,15H2,1H3/t19-,22+,25+/m1/s1. The van der Waals surface area contributed by atoms with E-state index in [2.05, 4.69) is 25.1 Å². The van der Waals surface area contributed by atoms with E-state index in [1.807, 2.05) is 12.1 Å². The molecule has 0 aromatic heterocycles. The summed E-state index contributed by atoms with van der Waals surface area (Å²) in [5.74, 6) is 2.08. The Balaban J connectivity index is 1.46. The topological polar surface area (TPSA) is 23.8 Å². The molecule has 152 valence electrons. The maximum Gasteiger partial charge on any atom is 0.141 e. The summed E-state index contributed by atoms with van der Waals surface area (Å²) < 4.78 is 14.0. The van der Waals surface area contributed by atoms with Crippen molar-refractivity contribution in [1.29, 1.82) is 5.26 Å². The third-order valence-corrected chi connectivity index (χ3v) is 7.31. The fourth-order valence-electron chi connectivity index (χ4n) is 5.70. The molecule has 2 aromatic rings. The molecule has 3 atom stereocenters. The van der Waals surface area contributed by atoms with Gasteiger partial charge in [-0.2, -0.15) is 5.26 Å². The lowest BCUT2D eigenvalue weighted by atomic mass is 9.64. The van der Waals surface area contributed by atoms with Gasteiger partial charge in [0.2, 0.25) is 0 Å². The SMILES string of the molecule is CCCCCC[C@@H]1CC[C@@H]2c3ccc(-c4ccc(C#N)c(F)c4)cc3CC[C@H]2C1. The lowest BCUT2D eigenvalue weighted by molar-refractivity contribution is 0.199. The molecule has 0 N–H and O–H groups in total. The zero-order valence-electron chi connectivity index (χ0n) is 17.6. The molecule has 0 saturated heterocycles. The molecule has 0 aliphatic heterocycles. The number of unbranched alkanes of at least 4 members (excludes halogenated alkanes) is 3. The van der Waals surface area contributed by atoms with E-state index in [0.29, 0.717) is 0 Å². The smallest absolute Gasteiger partial charge is 0.141 e. The van der Waals surface area contributed by atoms with Crippen LogP contribution in [-0.2, 0) is 6.42 Å². The number of halogens is 1. The van der Waals surface area contributed by atoms with E-state index >= 15 is 0 Å². The van der Waals surface area contributed by atoms with Gasteiger partial charge in [-0.1, -0.05) is 63.3 Å². The van der Waals surface area contributed by atoms with Crippen LogP contribution in [0.1, 0.15) is 87.3 Å². The average molecular weight is 390 g/mol. The van der Waals surface area contributed by atoms with Gasteiger partial charge in [0.05, 0.1) is 5.56 Å². The second-order valence-electron chi connectivity index (χ2n) is 9.15. The van der Waals surface area contributed by atoms with Gasteiger partial charge in [-0.15, -0.1) is 0 Å². The highest BCUT2D eigenvalue weighted by Crippen LogP contribution is 2.48. The van der Waals surface area contributed by atoms with Crippen LogP contribution in [0.15, 0.2) is 36.4 Å². The largest absolute Gasteiger partial charge is 0.206 e. The molecule has 29 heavy (non-hydrogen) atoms. The van der Waals surface area contributed by atoms with Gasteiger partial charge in [0.15, 0.2) is 0 Å². The zero-order valence-corrected chi connectivity index (χ0v) is 17.6. The summed E-state index contributed by atoms with van der Waals surface area (Å²) in [5, 5.41) is 8.95. The Labute approximate surface area is 175 Å². The Morgan fingerprint density at radius 1 is 1.00 bits per heavy atom. The Morgan fingerprint density at radius 3 is 2.62 bits per heavy atom. The minimum absolute atomic E-state index is 0.112. The first-order valence-corrected chi connectivity index (χ1v) is 11.5. The summed E-state index contributed by atoms with van der Waals surface area (Å²) in [6, 6.07) is 13.6. The molecule has 0 heterocycles. The predicted molar refractivity (Wildman–Crippen MR) is 117 cm³/mol. The first kappa shape index (κ1) is 20.1. The molecule has 2 aromatic carbocycles. The summed E-state index contributed by atoms with van der Waals surface area (Å²) in [6.45, 7) is 2.29. The molecule has 0 amide bonds. The van der Waals surface area contributed by atoms with Crippen LogP contribution in [0.3, 0.4) is 0 Å². The van der Waals surface area contributed by atoms with E-state index in [0.717, 1.165) is 35.3 Å². The number of nitriles is 1. The fraction of sp³-hybridized carbons (Fsp3) is 0.519. The third-order valence-electron chi connectivity index (χ3n) is 7.31. The number of hydrogen-bond acceptors (Lipinski definition) is 1. The van der Waals surface area contributed by atoms with E-state index in [1.165, 1.54) is 69.4 Å². The normalized spacial score (nSPS) is 23.1. The van der Waals surface area contributed by atoms with Crippen molar-refractivity contribution in [3.63, 3.8) is 0 Å². The fourth-order valence-corrected chi connectivity index (χ4v) is 5.70. The van der Waals surface area contributed by atoms with Gasteiger partial charge < -0.3 is 0 Å². The van der Waals surface area contributed by atoms with Crippen LogP contribution in [0.5, 0.6) is 0 Å². The number of hydrogen-bond donors (Lipinski definition) is 0. The van der Waals surface area contributed by atoms with Crippen LogP contribution in [0.25, 0.3) is 11.1 Å². The molecule has 2 aliphatic rings. The Kier molecular flexibility index (Phi) is 6.34. The zero-order chi connectivity index (χ0) is 20.2. The highest BCUT2D eigenvalue weighted by atomic mass is 19.1. The van der Waals surface area contributed by atoms with Crippen molar-refractivity contribution in [2.24, 2.45) is 11.8 Å². The first-order chi connectivity index (χ1) is 14.2. The molecule has 0 unspecified atom stereocenters. The lowest BCUT2D eigenvalue weighted by Gasteiger charge is -2.41. The van der Waals surface area contributed by atoms with E-state index in [9.17, 15) is 4.39 Å². The monoisotopic (exact) mass is 389 g/mol. The molecule has 4 rings (SSSR count). The Hall–Kier alpha value is -2.14. The molecule has 1 nitrogen and oxygen atoms in total. The summed E-state index contributed by atoms with van der Waals surface area (Å²) in [4.78, 5) is 0. The maximum absolute atomic E-state index is 14.0. The molecule has 0 bridgehead atoms. The molecule has 0 spiro atoms. The van der Waals surface area contributed by atoms with Crippen LogP contribution in [0.2, 0.25) is 0 Å². The van der Waals surface area contributed by atoms with Crippen LogP contribution in [0, 0.1) is 29.0 Å². The number of fused-ring (bicyclic) bond motifs is 3. The van der Waals surface area contributed by atoms with E-state index < -0.39 is 5.82 Å². The summed E-state index contributed by atoms with van der Waals surface area (Å²) >= 11 is 0. The van der Waals surface area contributed by atoms with E-state index in [-0.39, 0.29) is 5.56 Å². The molecule has 1 fully saturated rings. The van der Waals surface area contributed by atoms with Crippen LogP contribution < -0.4 is 0 Å². The predicted octanol–water partition coefficient (Wildman–Crippen LogP) is 7.78. The van der Waals surface area contributed by atoms with Gasteiger partial charge in [-0.3, -0.25) is 0 Å². The van der Waals surface area contributed by atoms with Crippen molar-refractivity contribution in [3.05, 3.63) is 58.9 Å². The highest BCUT2D eigenvalue weighted by molar-refractivity contribution is 5.66. The Morgan fingerprint density at radius 2 is 1.83 bits per heavy atom. The molecule has 1 saturated carbocycles. The average Bonchev–Trinajstić information content (AvgIpc) is 2.76. The molecule has 2 heteroatoms. The van der Waals surface area contributed by atoms with Crippen molar-refractivity contribution in [3.8, 4) is 17.2 Å². The minimum atomic E-state index is -0.431. The summed E-state index contributed by atoms with van der Waals surface area (Å²) in [7, 11) is 0. The van der Waals surface area contributed by atoms with Crippen molar-refractivity contribution >= 4 is 0 Å². The molecule has 2 aliphatic carbocycles. The Bertz CT molecular complexity index is 894. The number of nitrogens with zero attached hydrogens (tertiary/aromatic N) is 1. The second kappa shape index (κ2) is 9.12. The highest BCUT2D eigenvalue weighted by Gasteiger charge is 2.35. The lowest BCUT2D eigenvalue weighted by Crippen LogP contribution is -2.28. The first-order valence-electron chi connectivity index (χ1n) is 11.5. The summed E-state index contributed by atoms with van der Waals surface area (Å²) in [5.41, 5.74) is 5.04. The van der Waals surface area contributed by atoms with Gasteiger partial charge in [-0.25, -0.2) is 4.39 Å². The van der Waals surface area contributed by atoms with Crippen LogP contribution in [0.4, 0.5) is 4.39 Å². The van der Waals surface area contributed by atoms with Crippen molar-refractivity contribution in [2.75, 3.05) is 0 Å². The number of benzene rings is 2. The van der Waals surface area contributed by atoms with E-state index in [1.54, 1.807) is 11.6 Å². The molecular weight excluding hydrogens is 357 g/mol. The summed E-state index contributed by atoms with van der Waals surface area (Å²) in [6.07, 6.45) is 13.5. The quantitative estimate of drug-likeness (QED) is 0.463. The van der Waals surface area contributed by atoms with Crippen LogP contribution >= 0.6 is 0 Å². The van der Waals surface area contributed by atoms with Crippen molar-refractivity contribution in [2.45, 2.75) is 77.0 Å². The van der Waals surface area contributed by atoms with Gasteiger partial charge in [-0.05, 0) is 84.2 Å². The number of rotatable bonds is 6. The second-order valence-corrected chi connectivity index (χ2v) is 9.15. The van der Waals surface area contributed by atoms with Gasteiger partial charge in [0, 0.05) is 0 Å². The molecule has 0 radical (unpaired) electrons. The van der Waals surface area contributed by atoms with Gasteiger partial charge in [0.25, 0.3) is 0 Å². The van der Waals surface area contributed by atoms with Gasteiger partial charge >= 0.3 is 0 Å². The minimum Gasteiger partial charge on any atom is -0.206 e. The van der Waals surface area contributed by atoms with Crippen molar-refractivity contribution in [1.82, 2.24) is 0 Å². The van der Waals surface area contributed by atoms with Crippen molar-refractivity contribution < 1.29 is 4.39 Å². The van der Waals surface area contributed by atoms with Crippen LogP contribution in [-0.4, -0.2) is 0 Å². The number of aryl methyl sites for hydroxylation is 1. The molecular formula is C27H32FN. The van der Waals surface area contributed by atoms with E-state index in [4.69, 9.17) is 5.26 Å².